The van der Waals surface area contributed by atoms with Crippen molar-refractivity contribution in [1.29, 1.82) is 0 Å². The quantitative estimate of drug-likeness (QED) is 0.635. The van der Waals surface area contributed by atoms with Crippen LogP contribution in [0.25, 0.3) is 0 Å². The fourth-order valence-corrected chi connectivity index (χ4v) is 3.72. The molecule has 25 heavy (non-hydrogen) atoms. The first-order valence-electron chi connectivity index (χ1n) is 7.13. The van der Waals surface area contributed by atoms with E-state index in [1.807, 2.05) is 0 Å². The molecule has 0 aliphatic heterocycles. The summed E-state index contributed by atoms with van der Waals surface area (Å²) in [7, 11) is -4.15. The summed E-state index contributed by atoms with van der Waals surface area (Å²) in [4.78, 5) is 21.1. The number of aromatic carboxylic acids is 1. The normalized spacial score (nSPS) is 11.2. The molecule has 2 rings (SSSR count). The number of nitro groups is 1. The lowest BCUT2D eigenvalue weighted by molar-refractivity contribution is -0.384. The van der Waals surface area contributed by atoms with Crippen LogP contribution in [0.4, 0.5) is 11.4 Å². The lowest BCUT2D eigenvalue weighted by Gasteiger charge is -2.15. The van der Waals surface area contributed by atoms with Crippen LogP contribution in [-0.4, -0.2) is 19.3 Å². The van der Waals surface area contributed by atoms with Crippen LogP contribution < -0.4 is 9.83 Å². The molecule has 0 heterocycles. The molecular formula is C16H15N2O6S-. The number of sulfonamides is 1. The summed E-state index contributed by atoms with van der Waals surface area (Å²) in [5.41, 5.74) is 0.849. The van der Waals surface area contributed by atoms with E-state index in [1.54, 1.807) is 20.8 Å². The zero-order valence-corrected chi connectivity index (χ0v) is 14.5. The van der Waals surface area contributed by atoms with Crippen molar-refractivity contribution in [3.05, 3.63) is 62.7 Å². The first kappa shape index (κ1) is 18.4. The van der Waals surface area contributed by atoms with Gasteiger partial charge in [0.2, 0.25) is 0 Å². The van der Waals surface area contributed by atoms with Gasteiger partial charge in [-0.3, -0.25) is 14.8 Å². The first-order valence-corrected chi connectivity index (χ1v) is 8.61. The number of carbonyl (C=O) groups is 1. The Balaban J connectivity index is 2.56. The highest BCUT2D eigenvalue weighted by atomic mass is 32.2. The van der Waals surface area contributed by atoms with Gasteiger partial charge in [0.25, 0.3) is 15.7 Å². The number of nitrogens with zero attached hydrogens (tertiary/aromatic N) is 1. The smallest absolute Gasteiger partial charge is 0.271 e. The highest BCUT2D eigenvalue weighted by molar-refractivity contribution is 7.92. The van der Waals surface area contributed by atoms with Crippen molar-refractivity contribution in [2.24, 2.45) is 0 Å². The van der Waals surface area contributed by atoms with Gasteiger partial charge in [0.05, 0.1) is 21.5 Å². The molecule has 0 saturated carbocycles. The minimum atomic E-state index is -4.15. The summed E-state index contributed by atoms with van der Waals surface area (Å²) in [5, 5.41) is 21.9. The second-order valence-corrected chi connectivity index (χ2v) is 7.22. The predicted octanol–water partition coefficient (Wildman–Crippen LogP) is 1.68. The van der Waals surface area contributed by atoms with E-state index in [0.29, 0.717) is 16.7 Å². The molecule has 132 valence electrons. The molecule has 0 bridgehead atoms. The second kappa shape index (κ2) is 6.52. The molecule has 2 aromatic rings. The number of benzene rings is 2. The highest BCUT2D eigenvalue weighted by Gasteiger charge is 2.21. The van der Waals surface area contributed by atoms with Gasteiger partial charge in [0.1, 0.15) is 0 Å². The number of aryl methyl sites for hydroxylation is 2. The SMILES string of the molecule is Cc1ccc([N+](=O)[O-])cc1NS(=O)(=O)c1cc(C(=O)[O-])cc(C)c1C. The van der Waals surface area contributed by atoms with Crippen molar-refractivity contribution in [3.8, 4) is 0 Å². The van der Waals surface area contributed by atoms with Crippen LogP contribution in [-0.2, 0) is 10.0 Å². The van der Waals surface area contributed by atoms with E-state index in [9.17, 15) is 28.4 Å². The summed E-state index contributed by atoms with van der Waals surface area (Å²) < 4.78 is 27.7. The Labute approximate surface area is 144 Å². The Hall–Kier alpha value is -2.94. The van der Waals surface area contributed by atoms with Crippen LogP contribution in [0.2, 0.25) is 0 Å². The van der Waals surface area contributed by atoms with Crippen molar-refractivity contribution >= 4 is 27.4 Å². The molecular weight excluding hydrogens is 348 g/mol. The number of carboxylic acids is 1. The van der Waals surface area contributed by atoms with Crippen LogP contribution >= 0.6 is 0 Å². The van der Waals surface area contributed by atoms with Gasteiger partial charge in [-0.05, 0) is 55.2 Å². The number of hydrogen-bond acceptors (Lipinski definition) is 6. The topological polar surface area (TPSA) is 129 Å². The average molecular weight is 363 g/mol. The summed E-state index contributed by atoms with van der Waals surface area (Å²) in [6, 6.07) is 6.12. The maximum atomic E-state index is 12.7. The third-order valence-corrected chi connectivity index (χ3v) is 5.31. The van der Waals surface area contributed by atoms with Gasteiger partial charge < -0.3 is 9.90 Å². The van der Waals surface area contributed by atoms with Gasteiger partial charge in [-0.2, -0.15) is 0 Å². The third-order valence-electron chi connectivity index (χ3n) is 3.82. The summed E-state index contributed by atoms with van der Waals surface area (Å²) in [6.07, 6.45) is 0. The van der Waals surface area contributed by atoms with Gasteiger partial charge in [-0.15, -0.1) is 0 Å². The minimum Gasteiger partial charge on any atom is -0.545 e. The molecule has 9 heteroatoms. The summed E-state index contributed by atoms with van der Waals surface area (Å²) >= 11 is 0. The molecule has 8 nitrogen and oxygen atoms in total. The van der Waals surface area contributed by atoms with E-state index in [4.69, 9.17) is 0 Å². The van der Waals surface area contributed by atoms with Crippen LogP contribution in [0.3, 0.4) is 0 Å². The van der Waals surface area contributed by atoms with Crippen molar-refractivity contribution in [3.63, 3.8) is 0 Å². The Morgan fingerprint density at radius 3 is 2.28 bits per heavy atom. The molecule has 0 saturated heterocycles. The number of carbonyl (C=O) groups excluding carboxylic acids is 1. The first-order chi connectivity index (χ1) is 11.5. The molecule has 0 fully saturated rings. The van der Waals surface area contributed by atoms with Crippen LogP contribution in [0.1, 0.15) is 27.0 Å². The van der Waals surface area contributed by atoms with E-state index in [-0.39, 0.29) is 21.8 Å². The second-order valence-electron chi connectivity index (χ2n) is 5.57. The zero-order chi connectivity index (χ0) is 18.9. The molecule has 0 spiro atoms. The van der Waals surface area contributed by atoms with E-state index >= 15 is 0 Å². The predicted molar refractivity (Wildman–Crippen MR) is 88.9 cm³/mol. The molecule has 0 unspecified atom stereocenters. The Morgan fingerprint density at radius 1 is 1.08 bits per heavy atom. The van der Waals surface area contributed by atoms with Gasteiger partial charge in [-0.25, -0.2) is 8.42 Å². The molecule has 0 atom stereocenters. The van der Waals surface area contributed by atoms with Gasteiger partial charge in [0, 0.05) is 12.1 Å². The van der Waals surface area contributed by atoms with E-state index < -0.39 is 20.9 Å². The largest absolute Gasteiger partial charge is 0.545 e. The number of non-ortho nitro benzene ring substituents is 1. The number of anilines is 1. The monoisotopic (exact) mass is 363 g/mol. The molecule has 0 radical (unpaired) electrons. The van der Waals surface area contributed by atoms with E-state index in [1.165, 1.54) is 18.2 Å². The Bertz CT molecular complexity index is 982. The van der Waals surface area contributed by atoms with E-state index in [2.05, 4.69) is 4.72 Å². The molecule has 0 aliphatic rings. The van der Waals surface area contributed by atoms with Crippen LogP contribution in [0.5, 0.6) is 0 Å². The standard InChI is InChI=1S/C16H16N2O6S/c1-9-4-5-13(18(21)22)8-14(9)17-25(23,24)15-7-12(16(19)20)6-10(2)11(15)3/h4-8,17H,1-3H3,(H,19,20)/p-1. The maximum Gasteiger partial charge on any atom is 0.271 e. The van der Waals surface area contributed by atoms with Crippen LogP contribution in [0.15, 0.2) is 35.2 Å². The maximum absolute atomic E-state index is 12.7. The number of hydrogen-bond donors (Lipinski definition) is 1. The van der Waals surface area contributed by atoms with Gasteiger partial charge in [0.15, 0.2) is 0 Å². The minimum absolute atomic E-state index is 0.0464. The highest BCUT2D eigenvalue weighted by Crippen LogP contribution is 2.27. The zero-order valence-electron chi connectivity index (χ0n) is 13.7. The Kier molecular flexibility index (Phi) is 4.80. The molecule has 0 aliphatic carbocycles. The lowest BCUT2D eigenvalue weighted by atomic mass is 10.1. The number of nitro benzene ring substituents is 1. The van der Waals surface area contributed by atoms with Crippen molar-refractivity contribution < 1.29 is 23.2 Å². The molecule has 0 amide bonds. The fraction of sp³-hybridized carbons (Fsp3) is 0.188. The molecule has 2 aromatic carbocycles. The third kappa shape index (κ3) is 3.77. The van der Waals surface area contributed by atoms with Crippen molar-refractivity contribution in [2.45, 2.75) is 25.7 Å². The number of nitrogens with one attached hydrogen (secondary N) is 1. The molecule has 1 N–H and O–H groups in total. The van der Waals surface area contributed by atoms with Crippen molar-refractivity contribution in [1.82, 2.24) is 0 Å². The van der Waals surface area contributed by atoms with E-state index in [0.717, 1.165) is 12.1 Å². The molecule has 0 aromatic heterocycles. The van der Waals surface area contributed by atoms with Crippen molar-refractivity contribution in [2.75, 3.05) is 4.72 Å². The average Bonchev–Trinajstić information content (AvgIpc) is 2.51. The van der Waals surface area contributed by atoms with Gasteiger partial charge in [-0.1, -0.05) is 6.07 Å². The lowest BCUT2D eigenvalue weighted by Crippen LogP contribution is -2.24. The fourth-order valence-electron chi connectivity index (χ4n) is 2.26. The summed E-state index contributed by atoms with van der Waals surface area (Å²) in [5.74, 6) is -1.49. The number of rotatable bonds is 5. The Morgan fingerprint density at radius 2 is 1.72 bits per heavy atom. The summed E-state index contributed by atoms with van der Waals surface area (Å²) in [6.45, 7) is 4.72. The number of carboxylic acid groups (broad SMARTS) is 1. The van der Waals surface area contributed by atoms with Gasteiger partial charge >= 0.3 is 0 Å². The van der Waals surface area contributed by atoms with Crippen LogP contribution in [0, 0.1) is 30.9 Å².